The maximum Gasteiger partial charge on any atom is 0.246 e. The zero-order chi connectivity index (χ0) is 22.8. The van der Waals surface area contributed by atoms with Crippen LogP contribution in [0.25, 0.3) is 5.69 Å². The van der Waals surface area contributed by atoms with Crippen LogP contribution in [0.1, 0.15) is 18.4 Å². The molecule has 1 aliphatic heterocycles. The molecule has 7 nitrogen and oxygen atoms in total. The van der Waals surface area contributed by atoms with Crippen molar-refractivity contribution in [1.82, 2.24) is 14.8 Å². The van der Waals surface area contributed by atoms with Gasteiger partial charge in [-0.3, -0.25) is 0 Å². The van der Waals surface area contributed by atoms with E-state index >= 15 is 0 Å². The van der Waals surface area contributed by atoms with Crippen LogP contribution in [0.3, 0.4) is 0 Å². The predicted octanol–water partition coefficient (Wildman–Crippen LogP) is 4.23. The minimum absolute atomic E-state index is 0.0541. The first kappa shape index (κ1) is 21.8. The van der Waals surface area contributed by atoms with Crippen molar-refractivity contribution in [3.8, 4) is 5.69 Å². The third-order valence-corrected chi connectivity index (χ3v) is 5.78. The molecule has 0 radical (unpaired) electrons. The van der Waals surface area contributed by atoms with Crippen LogP contribution in [0, 0.1) is 24.5 Å². The van der Waals surface area contributed by atoms with Gasteiger partial charge in [-0.25, -0.2) is 13.5 Å². The Labute approximate surface area is 191 Å². The van der Waals surface area contributed by atoms with E-state index in [0.29, 0.717) is 19.2 Å². The highest BCUT2D eigenvalue weighted by Gasteiger charge is 2.24. The molecule has 3 aromatic rings. The van der Waals surface area contributed by atoms with Crippen LogP contribution < -0.4 is 10.2 Å². The second kappa shape index (κ2) is 9.44. The molecular formula is C24H27F2N5O2. The highest BCUT2D eigenvalue weighted by atomic mass is 19.1. The second-order valence-electron chi connectivity index (χ2n) is 8.74. The minimum atomic E-state index is -0.667. The molecule has 174 valence electrons. The Bertz CT molecular complexity index is 1100. The first-order valence-corrected chi connectivity index (χ1v) is 11.2. The Balaban J connectivity index is 1.26. The highest BCUT2D eigenvalue weighted by molar-refractivity contribution is 5.64. The zero-order valence-electron chi connectivity index (χ0n) is 18.5. The van der Waals surface area contributed by atoms with Crippen molar-refractivity contribution in [2.45, 2.75) is 25.9 Å². The molecule has 0 spiro atoms. The number of aryl methyl sites for hydroxylation is 1. The van der Waals surface area contributed by atoms with Crippen LogP contribution in [-0.2, 0) is 9.47 Å². The summed E-state index contributed by atoms with van der Waals surface area (Å²) in [7, 11) is 0. The molecule has 1 saturated heterocycles. The summed E-state index contributed by atoms with van der Waals surface area (Å²) >= 11 is 0. The number of benzene rings is 2. The molecule has 1 aliphatic carbocycles. The van der Waals surface area contributed by atoms with Crippen LogP contribution in [-0.4, -0.2) is 53.8 Å². The average Bonchev–Trinajstić information content (AvgIpc) is 3.48. The van der Waals surface area contributed by atoms with Gasteiger partial charge in [0.2, 0.25) is 5.95 Å². The lowest BCUT2D eigenvalue weighted by Crippen LogP contribution is -2.44. The summed E-state index contributed by atoms with van der Waals surface area (Å²) in [5.74, 6) is -0.253. The van der Waals surface area contributed by atoms with Crippen molar-refractivity contribution >= 4 is 17.3 Å². The molecule has 1 saturated carbocycles. The van der Waals surface area contributed by atoms with Crippen LogP contribution in [0.2, 0.25) is 0 Å². The van der Waals surface area contributed by atoms with Gasteiger partial charge >= 0.3 is 0 Å². The van der Waals surface area contributed by atoms with E-state index in [1.165, 1.54) is 36.0 Å². The first-order chi connectivity index (χ1) is 16.0. The molecule has 1 unspecified atom stereocenters. The molecule has 2 heterocycles. The number of hydrogen-bond donors (Lipinski definition) is 1. The van der Waals surface area contributed by atoms with E-state index in [0.717, 1.165) is 48.6 Å². The van der Waals surface area contributed by atoms with E-state index < -0.39 is 11.6 Å². The zero-order valence-corrected chi connectivity index (χ0v) is 18.5. The molecule has 0 bridgehead atoms. The lowest BCUT2D eigenvalue weighted by atomic mass is 10.1. The van der Waals surface area contributed by atoms with Gasteiger partial charge in [-0.05, 0) is 61.6 Å². The van der Waals surface area contributed by atoms with Crippen molar-refractivity contribution in [3.63, 3.8) is 0 Å². The van der Waals surface area contributed by atoms with Crippen molar-refractivity contribution in [2.24, 2.45) is 5.92 Å². The fraction of sp³-hybridized carbons (Fsp3) is 0.417. The summed E-state index contributed by atoms with van der Waals surface area (Å²) in [5.41, 5.74) is 3.27. The van der Waals surface area contributed by atoms with Crippen molar-refractivity contribution in [2.75, 3.05) is 43.1 Å². The Kier molecular flexibility index (Phi) is 6.24. The summed E-state index contributed by atoms with van der Waals surface area (Å²) < 4.78 is 40.1. The fourth-order valence-electron chi connectivity index (χ4n) is 3.97. The molecule has 2 fully saturated rings. The van der Waals surface area contributed by atoms with Gasteiger partial charge in [-0.15, -0.1) is 5.10 Å². The highest BCUT2D eigenvalue weighted by Crippen LogP contribution is 2.29. The third kappa shape index (κ3) is 5.66. The standard InChI is InChI=1S/C24H27F2N5O2/c1-16-6-20(28-24-27-15-31(29-24)22-9-18(25)8-19(26)10-22)11-21(7-16)30-4-5-33-23(12-30)14-32-13-17-2-3-17/h6-11,15,17,23H,2-5,12-14H2,1H3,(H,28,29). The Morgan fingerprint density at radius 3 is 2.67 bits per heavy atom. The monoisotopic (exact) mass is 455 g/mol. The Hall–Kier alpha value is -3.04. The number of nitrogens with zero attached hydrogens (tertiary/aromatic N) is 4. The van der Waals surface area contributed by atoms with Gasteiger partial charge in [0.15, 0.2) is 0 Å². The topological polar surface area (TPSA) is 64.4 Å². The first-order valence-electron chi connectivity index (χ1n) is 11.2. The largest absolute Gasteiger partial charge is 0.378 e. The second-order valence-corrected chi connectivity index (χ2v) is 8.74. The molecule has 1 N–H and O–H groups in total. The van der Waals surface area contributed by atoms with Crippen LogP contribution in [0.5, 0.6) is 0 Å². The van der Waals surface area contributed by atoms with Gasteiger partial charge in [0.25, 0.3) is 0 Å². The molecule has 2 aromatic carbocycles. The smallest absolute Gasteiger partial charge is 0.246 e. The molecule has 2 aliphatic rings. The van der Waals surface area contributed by atoms with Crippen molar-refractivity contribution in [3.05, 3.63) is 59.9 Å². The van der Waals surface area contributed by atoms with Crippen molar-refractivity contribution < 1.29 is 18.3 Å². The van der Waals surface area contributed by atoms with Crippen LogP contribution >= 0.6 is 0 Å². The van der Waals surface area contributed by atoms with E-state index in [1.54, 1.807) is 0 Å². The minimum Gasteiger partial charge on any atom is -0.378 e. The SMILES string of the molecule is Cc1cc(Nc2ncn(-c3cc(F)cc(F)c3)n2)cc(N2CCOC(COCC3CC3)C2)c1. The number of anilines is 3. The van der Waals surface area contributed by atoms with Gasteiger partial charge in [0, 0.05) is 37.1 Å². The summed E-state index contributed by atoms with van der Waals surface area (Å²) in [6, 6.07) is 9.42. The maximum absolute atomic E-state index is 13.5. The number of morpholine rings is 1. The lowest BCUT2D eigenvalue weighted by Gasteiger charge is -2.34. The number of rotatable bonds is 8. The third-order valence-electron chi connectivity index (χ3n) is 5.78. The van der Waals surface area contributed by atoms with Crippen molar-refractivity contribution in [1.29, 1.82) is 0 Å². The Morgan fingerprint density at radius 2 is 1.88 bits per heavy atom. The van der Waals surface area contributed by atoms with Crippen LogP contribution in [0.15, 0.2) is 42.7 Å². The number of nitrogens with one attached hydrogen (secondary N) is 1. The van der Waals surface area contributed by atoms with E-state index in [4.69, 9.17) is 9.47 Å². The molecular weight excluding hydrogens is 428 g/mol. The lowest BCUT2D eigenvalue weighted by molar-refractivity contribution is -0.0257. The summed E-state index contributed by atoms with van der Waals surface area (Å²) in [4.78, 5) is 6.53. The Morgan fingerprint density at radius 1 is 1.06 bits per heavy atom. The molecule has 1 atom stereocenters. The number of ether oxygens (including phenoxy) is 2. The fourth-order valence-corrected chi connectivity index (χ4v) is 3.97. The molecule has 33 heavy (non-hydrogen) atoms. The summed E-state index contributed by atoms with van der Waals surface area (Å²) in [5, 5.41) is 7.50. The van der Waals surface area contributed by atoms with Crippen LogP contribution in [0.4, 0.5) is 26.1 Å². The maximum atomic E-state index is 13.5. The molecule has 9 heteroatoms. The molecule has 1 aromatic heterocycles. The van der Waals surface area contributed by atoms with Gasteiger partial charge in [-0.1, -0.05) is 0 Å². The van der Waals surface area contributed by atoms with Gasteiger partial charge in [0.1, 0.15) is 18.0 Å². The predicted molar refractivity (Wildman–Crippen MR) is 121 cm³/mol. The van der Waals surface area contributed by atoms with Gasteiger partial charge < -0.3 is 19.7 Å². The molecule has 5 rings (SSSR count). The molecule has 0 amide bonds. The van der Waals surface area contributed by atoms with E-state index in [2.05, 4.69) is 26.4 Å². The van der Waals surface area contributed by atoms with Gasteiger partial charge in [-0.2, -0.15) is 4.98 Å². The van der Waals surface area contributed by atoms with E-state index in [9.17, 15) is 8.78 Å². The van der Waals surface area contributed by atoms with E-state index in [-0.39, 0.29) is 11.8 Å². The summed E-state index contributed by atoms with van der Waals surface area (Å²) in [6.45, 7) is 5.72. The number of aromatic nitrogens is 3. The van der Waals surface area contributed by atoms with Gasteiger partial charge in [0.05, 0.1) is 25.0 Å². The number of halogens is 2. The average molecular weight is 456 g/mol. The summed E-state index contributed by atoms with van der Waals surface area (Å²) in [6.07, 6.45) is 4.03. The van der Waals surface area contributed by atoms with E-state index in [1.807, 2.05) is 19.1 Å². The number of hydrogen-bond acceptors (Lipinski definition) is 6. The normalized spacial score (nSPS) is 18.5. The quantitative estimate of drug-likeness (QED) is 0.549.